The Kier molecular flexibility index (Phi) is 6.89. The Labute approximate surface area is 215 Å². The number of carbonyl (C=O) groups is 2. The van der Waals surface area contributed by atoms with E-state index in [1.165, 1.54) is 0 Å². The van der Waals surface area contributed by atoms with Gasteiger partial charge in [0.15, 0.2) is 0 Å². The number of methoxy groups -OCH3 is 2. The highest BCUT2D eigenvalue weighted by atomic mass is 16.5. The lowest BCUT2D eigenvalue weighted by atomic mass is 10.1. The zero-order chi connectivity index (χ0) is 25.8. The van der Waals surface area contributed by atoms with Crippen molar-refractivity contribution < 1.29 is 19.1 Å². The van der Waals surface area contributed by atoms with Gasteiger partial charge in [0.1, 0.15) is 17.3 Å². The maximum Gasteiger partial charge on any atom is 0.251 e. The standard InChI is InChI=1S/C29H28N4O4/c1-36-24-12-13-26(37-2)23(16-24)18-30-29(35)22-10-8-20(9-11-22)19-32-27-17-25(21-6-4-3-5-7-21)31-33(27)15-14-28(32)34/h3-13,16-17H,14-15,18-19H2,1-2H3,(H,30,35). The van der Waals surface area contributed by atoms with Crippen LogP contribution in [0.5, 0.6) is 11.5 Å². The van der Waals surface area contributed by atoms with Gasteiger partial charge in [-0.15, -0.1) is 0 Å². The average Bonchev–Trinajstić information content (AvgIpc) is 3.39. The fourth-order valence-electron chi connectivity index (χ4n) is 4.41. The van der Waals surface area contributed by atoms with E-state index in [4.69, 9.17) is 14.6 Å². The van der Waals surface area contributed by atoms with Crippen molar-refractivity contribution in [2.75, 3.05) is 19.1 Å². The summed E-state index contributed by atoms with van der Waals surface area (Å²) in [5.41, 5.74) is 4.14. The summed E-state index contributed by atoms with van der Waals surface area (Å²) in [6, 6.07) is 24.7. The first kappa shape index (κ1) is 24.1. The molecule has 37 heavy (non-hydrogen) atoms. The molecule has 8 heteroatoms. The third-order valence-electron chi connectivity index (χ3n) is 6.43. The first-order valence-corrected chi connectivity index (χ1v) is 12.1. The highest BCUT2D eigenvalue weighted by molar-refractivity contribution is 5.95. The van der Waals surface area contributed by atoms with E-state index in [0.29, 0.717) is 43.1 Å². The number of aromatic nitrogens is 2. The first-order chi connectivity index (χ1) is 18.1. The molecule has 0 unspecified atom stereocenters. The van der Waals surface area contributed by atoms with Crippen LogP contribution in [0.15, 0.2) is 78.9 Å². The minimum Gasteiger partial charge on any atom is -0.497 e. The Morgan fingerprint density at radius 1 is 0.973 bits per heavy atom. The van der Waals surface area contributed by atoms with E-state index >= 15 is 0 Å². The Balaban J connectivity index is 1.27. The van der Waals surface area contributed by atoms with E-state index in [9.17, 15) is 9.59 Å². The molecule has 0 saturated carbocycles. The molecule has 1 aromatic heterocycles. The molecule has 188 valence electrons. The number of ether oxygens (including phenoxy) is 2. The monoisotopic (exact) mass is 496 g/mol. The van der Waals surface area contributed by atoms with Gasteiger partial charge >= 0.3 is 0 Å². The van der Waals surface area contributed by atoms with Crippen molar-refractivity contribution in [3.8, 4) is 22.8 Å². The van der Waals surface area contributed by atoms with E-state index in [1.54, 1.807) is 31.3 Å². The highest BCUT2D eigenvalue weighted by Gasteiger charge is 2.26. The number of hydrogen-bond donors (Lipinski definition) is 1. The number of fused-ring (bicyclic) bond motifs is 1. The molecule has 2 heterocycles. The predicted octanol–water partition coefficient (Wildman–Crippen LogP) is 4.43. The minimum absolute atomic E-state index is 0.0565. The molecule has 0 fully saturated rings. The van der Waals surface area contributed by atoms with Gasteiger partial charge in [0, 0.05) is 35.7 Å². The molecular weight excluding hydrogens is 468 g/mol. The second-order valence-corrected chi connectivity index (χ2v) is 8.76. The van der Waals surface area contributed by atoms with Crippen LogP contribution in [0.1, 0.15) is 27.9 Å². The number of hydrogen-bond acceptors (Lipinski definition) is 5. The number of amides is 2. The number of rotatable bonds is 8. The number of carbonyl (C=O) groups excluding carboxylic acids is 2. The minimum atomic E-state index is -0.198. The van der Waals surface area contributed by atoms with Crippen LogP contribution in [-0.2, 0) is 24.4 Å². The van der Waals surface area contributed by atoms with Gasteiger partial charge in [-0.3, -0.25) is 14.5 Å². The third kappa shape index (κ3) is 5.18. The van der Waals surface area contributed by atoms with Crippen LogP contribution in [0.4, 0.5) is 5.82 Å². The van der Waals surface area contributed by atoms with Crippen molar-refractivity contribution in [3.63, 3.8) is 0 Å². The molecule has 0 radical (unpaired) electrons. The van der Waals surface area contributed by atoms with Gasteiger partial charge in [0.25, 0.3) is 5.91 Å². The third-order valence-corrected chi connectivity index (χ3v) is 6.43. The molecule has 0 aliphatic carbocycles. The van der Waals surface area contributed by atoms with E-state index in [1.807, 2.05) is 71.4 Å². The van der Waals surface area contributed by atoms with Crippen LogP contribution in [0.3, 0.4) is 0 Å². The van der Waals surface area contributed by atoms with Gasteiger partial charge in [0.05, 0.1) is 33.0 Å². The number of anilines is 1. The van der Waals surface area contributed by atoms with Crippen molar-refractivity contribution in [2.24, 2.45) is 0 Å². The molecular formula is C29H28N4O4. The maximum atomic E-state index is 12.8. The second-order valence-electron chi connectivity index (χ2n) is 8.76. The summed E-state index contributed by atoms with van der Waals surface area (Å²) in [5, 5.41) is 7.64. The van der Waals surface area contributed by atoms with Gasteiger partial charge in [-0.1, -0.05) is 42.5 Å². The molecule has 3 aromatic carbocycles. The van der Waals surface area contributed by atoms with Crippen molar-refractivity contribution in [2.45, 2.75) is 26.1 Å². The largest absolute Gasteiger partial charge is 0.497 e. The van der Waals surface area contributed by atoms with Crippen LogP contribution >= 0.6 is 0 Å². The van der Waals surface area contributed by atoms with Gasteiger partial charge < -0.3 is 14.8 Å². The van der Waals surface area contributed by atoms with E-state index < -0.39 is 0 Å². The molecule has 5 rings (SSSR count). The topological polar surface area (TPSA) is 85.7 Å². The molecule has 1 N–H and O–H groups in total. The summed E-state index contributed by atoms with van der Waals surface area (Å²) in [4.78, 5) is 27.3. The van der Waals surface area contributed by atoms with Crippen LogP contribution in [0.25, 0.3) is 11.3 Å². The molecule has 0 spiro atoms. The Morgan fingerprint density at radius 3 is 2.49 bits per heavy atom. The summed E-state index contributed by atoms with van der Waals surface area (Å²) in [6.07, 6.45) is 0.400. The molecule has 4 aromatic rings. The number of aryl methyl sites for hydroxylation is 1. The van der Waals surface area contributed by atoms with E-state index in [0.717, 1.165) is 28.2 Å². The van der Waals surface area contributed by atoms with Crippen LogP contribution in [-0.4, -0.2) is 35.8 Å². The Morgan fingerprint density at radius 2 is 1.76 bits per heavy atom. The van der Waals surface area contributed by atoms with Gasteiger partial charge in [0.2, 0.25) is 5.91 Å². The van der Waals surface area contributed by atoms with Crippen molar-refractivity contribution in [3.05, 3.63) is 95.6 Å². The molecule has 0 atom stereocenters. The lowest BCUT2D eigenvalue weighted by Gasteiger charge is -2.27. The molecule has 8 nitrogen and oxygen atoms in total. The zero-order valence-corrected chi connectivity index (χ0v) is 20.8. The second kappa shape index (κ2) is 10.6. The number of nitrogens with one attached hydrogen (secondary N) is 1. The summed E-state index contributed by atoms with van der Waals surface area (Å²) in [7, 11) is 3.19. The SMILES string of the molecule is COc1ccc(OC)c(CNC(=O)c2ccc(CN3C(=O)CCn4nc(-c5ccccc5)cc43)cc2)c1. The molecule has 1 aliphatic heterocycles. The fourth-order valence-corrected chi connectivity index (χ4v) is 4.41. The van der Waals surface area contributed by atoms with Crippen molar-refractivity contribution in [1.82, 2.24) is 15.1 Å². The first-order valence-electron chi connectivity index (χ1n) is 12.1. The normalized spacial score (nSPS) is 12.7. The summed E-state index contributed by atoms with van der Waals surface area (Å²) < 4.78 is 12.5. The summed E-state index contributed by atoms with van der Waals surface area (Å²) >= 11 is 0. The maximum absolute atomic E-state index is 12.8. The Hall–Kier alpha value is -4.59. The molecule has 2 amide bonds. The van der Waals surface area contributed by atoms with E-state index in [-0.39, 0.29) is 11.8 Å². The molecule has 0 saturated heterocycles. The van der Waals surface area contributed by atoms with Crippen molar-refractivity contribution >= 4 is 17.6 Å². The smallest absolute Gasteiger partial charge is 0.251 e. The predicted molar refractivity (Wildman–Crippen MR) is 141 cm³/mol. The van der Waals surface area contributed by atoms with Crippen molar-refractivity contribution in [1.29, 1.82) is 0 Å². The molecule has 1 aliphatic rings. The summed E-state index contributed by atoms with van der Waals surface area (Å²) in [5.74, 6) is 2.01. The lowest BCUT2D eigenvalue weighted by Crippen LogP contribution is -2.36. The van der Waals surface area contributed by atoms with E-state index in [2.05, 4.69) is 5.32 Å². The highest BCUT2D eigenvalue weighted by Crippen LogP contribution is 2.29. The lowest BCUT2D eigenvalue weighted by molar-refractivity contribution is -0.119. The average molecular weight is 497 g/mol. The van der Waals surface area contributed by atoms with Gasteiger partial charge in [-0.25, -0.2) is 4.68 Å². The quantitative estimate of drug-likeness (QED) is 0.390. The zero-order valence-electron chi connectivity index (χ0n) is 20.8. The van der Waals surface area contributed by atoms with Gasteiger partial charge in [-0.05, 0) is 35.9 Å². The fraction of sp³-hybridized carbons (Fsp3) is 0.207. The Bertz CT molecular complexity index is 1410. The number of benzene rings is 3. The van der Waals surface area contributed by atoms with Gasteiger partial charge in [-0.2, -0.15) is 5.10 Å². The number of nitrogens with zero attached hydrogens (tertiary/aromatic N) is 3. The van der Waals surface area contributed by atoms with Crippen LogP contribution < -0.4 is 19.7 Å². The summed E-state index contributed by atoms with van der Waals surface area (Å²) in [6.45, 7) is 1.27. The molecule has 0 bridgehead atoms. The van der Waals surface area contributed by atoms with Crippen LogP contribution in [0.2, 0.25) is 0 Å². The van der Waals surface area contributed by atoms with Crippen LogP contribution in [0, 0.1) is 0 Å².